The first-order chi connectivity index (χ1) is 17.4. The molecule has 0 aliphatic carbocycles. The van der Waals surface area contributed by atoms with E-state index in [4.69, 9.17) is 4.74 Å². The van der Waals surface area contributed by atoms with Crippen LogP contribution in [0.5, 0.6) is 5.75 Å². The molecule has 1 aliphatic rings. The van der Waals surface area contributed by atoms with Crippen LogP contribution in [0.4, 0.5) is 5.69 Å². The van der Waals surface area contributed by atoms with E-state index in [2.05, 4.69) is 5.32 Å². The van der Waals surface area contributed by atoms with Gasteiger partial charge in [0.1, 0.15) is 18.3 Å². The van der Waals surface area contributed by atoms with Crippen LogP contribution in [0.1, 0.15) is 49.5 Å². The van der Waals surface area contributed by atoms with Gasteiger partial charge in [-0.25, -0.2) is 0 Å². The second-order valence-corrected chi connectivity index (χ2v) is 9.18. The molecule has 1 N–H and O–H groups in total. The van der Waals surface area contributed by atoms with Gasteiger partial charge in [0.05, 0.1) is 12.8 Å². The maximum atomic E-state index is 13.8. The van der Waals surface area contributed by atoms with Gasteiger partial charge in [0.25, 0.3) is 5.91 Å². The summed E-state index contributed by atoms with van der Waals surface area (Å²) in [4.78, 5) is 43.4. The SMILES string of the molecule is CC[C@H](C(=O)N[C@@H](C)CC)N(Cc1ccc(OC)cc1)C(=O)CN1C(=O)c2cccc3cccc1c23. The van der Waals surface area contributed by atoms with Crippen molar-refractivity contribution in [3.8, 4) is 5.75 Å². The average Bonchev–Trinajstić information content (AvgIpc) is 3.16. The number of methoxy groups -OCH3 is 1. The Morgan fingerprint density at radius 3 is 2.33 bits per heavy atom. The summed E-state index contributed by atoms with van der Waals surface area (Å²) in [6.45, 7) is 5.95. The number of ether oxygens (including phenoxy) is 1. The van der Waals surface area contributed by atoms with Crippen molar-refractivity contribution in [2.45, 2.75) is 52.2 Å². The highest BCUT2D eigenvalue weighted by atomic mass is 16.5. The Labute approximate surface area is 212 Å². The van der Waals surface area contributed by atoms with E-state index in [1.165, 1.54) is 4.90 Å². The summed E-state index contributed by atoms with van der Waals surface area (Å²) in [6, 6.07) is 18.1. The molecular formula is C29H33N3O4. The fourth-order valence-corrected chi connectivity index (χ4v) is 4.65. The highest BCUT2D eigenvalue weighted by Gasteiger charge is 2.35. The molecule has 2 atom stereocenters. The summed E-state index contributed by atoms with van der Waals surface area (Å²) in [7, 11) is 1.60. The molecule has 0 saturated carbocycles. The first-order valence-electron chi connectivity index (χ1n) is 12.4. The van der Waals surface area contributed by atoms with Gasteiger partial charge in [-0.3, -0.25) is 19.3 Å². The van der Waals surface area contributed by atoms with Crippen LogP contribution in [0, 0.1) is 0 Å². The Morgan fingerprint density at radius 1 is 1.00 bits per heavy atom. The van der Waals surface area contributed by atoms with Crippen molar-refractivity contribution in [1.29, 1.82) is 0 Å². The maximum Gasteiger partial charge on any atom is 0.259 e. The number of nitrogens with zero attached hydrogens (tertiary/aromatic N) is 2. The monoisotopic (exact) mass is 487 g/mol. The fourth-order valence-electron chi connectivity index (χ4n) is 4.65. The average molecular weight is 488 g/mol. The van der Waals surface area contributed by atoms with Crippen molar-refractivity contribution in [1.82, 2.24) is 10.2 Å². The first kappa shape index (κ1) is 25.2. The van der Waals surface area contributed by atoms with Crippen LogP contribution in [-0.4, -0.2) is 48.4 Å². The summed E-state index contributed by atoms with van der Waals surface area (Å²) in [6.07, 6.45) is 1.24. The third-order valence-electron chi connectivity index (χ3n) is 6.84. The molecule has 36 heavy (non-hydrogen) atoms. The van der Waals surface area contributed by atoms with Gasteiger partial charge in [0, 0.05) is 23.5 Å². The molecule has 4 rings (SSSR count). The van der Waals surface area contributed by atoms with E-state index in [-0.39, 0.29) is 36.9 Å². The number of carbonyl (C=O) groups excluding carboxylic acids is 3. The predicted molar refractivity (Wildman–Crippen MR) is 141 cm³/mol. The minimum absolute atomic E-state index is 0.00301. The topological polar surface area (TPSA) is 79.0 Å². The Kier molecular flexibility index (Phi) is 7.58. The van der Waals surface area contributed by atoms with Crippen LogP contribution < -0.4 is 15.0 Å². The smallest absolute Gasteiger partial charge is 0.259 e. The summed E-state index contributed by atoms with van der Waals surface area (Å²) >= 11 is 0. The van der Waals surface area contributed by atoms with Crippen LogP contribution in [0.3, 0.4) is 0 Å². The van der Waals surface area contributed by atoms with Crippen LogP contribution in [0.15, 0.2) is 60.7 Å². The van der Waals surface area contributed by atoms with E-state index in [0.29, 0.717) is 17.7 Å². The zero-order valence-corrected chi connectivity index (χ0v) is 21.3. The van der Waals surface area contributed by atoms with Crippen LogP contribution in [0.2, 0.25) is 0 Å². The van der Waals surface area contributed by atoms with Crippen LogP contribution in [0.25, 0.3) is 10.8 Å². The molecule has 1 heterocycles. The van der Waals surface area contributed by atoms with Gasteiger partial charge in [0.2, 0.25) is 11.8 Å². The molecule has 0 saturated heterocycles. The van der Waals surface area contributed by atoms with E-state index >= 15 is 0 Å². The molecule has 188 valence electrons. The summed E-state index contributed by atoms with van der Waals surface area (Å²) < 4.78 is 5.25. The molecule has 0 aromatic heterocycles. The van der Waals surface area contributed by atoms with E-state index < -0.39 is 6.04 Å². The number of carbonyl (C=O) groups is 3. The van der Waals surface area contributed by atoms with Gasteiger partial charge < -0.3 is 15.0 Å². The molecule has 0 bridgehead atoms. The van der Waals surface area contributed by atoms with Gasteiger partial charge in [0.15, 0.2) is 0 Å². The predicted octanol–water partition coefficient (Wildman–Crippen LogP) is 4.53. The number of rotatable bonds is 10. The summed E-state index contributed by atoms with van der Waals surface area (Å²) in [5.41, 5.74) is 2.19. The normalized spacial score (nSPS) is 14.0. The second-order valence-electron chi connectivity index (χ2n) is 9.18. The quantitative estimate of drug-likeness (QED) is 0.456. The van der Waals surface area contributed by atoms with Gasteiger partial charge >= 0.3 is 0 Å². The van der Waals surface area contributed by atoms with E-state index in [9.17, 15) is 14.4 Å². The second kappa shape index (κ2) is 10.8. The number of benzene rings is 3. The van der Waals surface area contributed by atoms with Gasteiger partial charge in [-0.05, 0) is 55.0 Å². The number of amides is 3. The van der Waals surface area contributed by atoms with Crippen LogP contribution >= 0.6 is 0 Å². The Hall–Kier alpha value is -3.87. The van der Waals surface area contributed by atoms with Gasteiger partial charge in [-0.1, -0.05) is 50.2 Å². The minimum Gasteiger partial charge on any atom is -0.497 e. The molecule has 0 radical (unpaired) electrons. The molecule has 3 aromatic carbocycles. The lowest BCUT2D eigenvalue weighted by Gasteiger charge is -2.33. The molecule has 3 amide bonds. The highest BCUT2D eigenvalue weighted by molar-refractivity contribution is 6.26. The third kappa shape index (κ3) is 4.91. The molecule has 0 unspecified atom stereocenters. The first-order valence-corrected chi connectivity index (χ1v) is 12.4. The maximum absolute atomic E-state index is 13.8. The van der Waals surface area contributed by atoms with Crippen molar-refractivity contribution < 1.29 is 19.1 Å². The molecule has 0 spiro atoms. The molecule has 1 aliphatic heterocycles. The number of nitrogens with one attached hydrogen (secondary N) is 1. The fraction of sp³-hybridized carbons (Fsp3) is 0.345. The van der Waals surface area contributed by atoms with Crippen molar-refractivity contribution in [3.63, 3.8) is 0 Å². The Bertz CT molecular complexity index is 1270. The van der Waals surface area contributed by atoms with E-state index in [1.807, 2.05) is 75.4 Å². The Balaban J connectivity index is 1.64. The molecule has 3 aromatic rings. The lowest BCUT2D eigenvalue weighted by Crippen LogP contribution is -2.53. The number of anilines is 1. The summed E-state index contributed by atoms with van der Waals surface area (Å²) in [5.74, 6) is 0.0466. The standard InChI is InChI=1S/C29H33N3O4/c1-5-19(3)30-28(34)24(6-2)31(17-20-13-15-22(36-4)16-14-20)26(33)18-32-25-12-8-10-21-9-7-11-23(27(21)25)29(32)35/h7-16,19,24H,5-6,17-18H2,1-4H3,(H,30,34)/t19-,24+/m0/s1. The zero-order chi connectivity index (χ0) is 25.8. The third-order valence-corrected chi connectivity index (χ3v) is 6.84. The lowest BCUT2D eigenvalue weighted by atomic mass is 10.1. The molecule has 0 fully saturated rings. The zero-order valence-electron chi connectivity index (χ0n) is 21.3. The van der Waals surface area contributed by atoms with Gasteiger partial charge in [-0.15, -0.1) is 0 Å². The largest absolute Gasteiger partial charge is 0.497 e. The Morgan fingerprint density at radius 2 is 1.69 bits per heavy atom. The van der Waals surface area contributed by atoms with E-state index in [0.717, 1.165) is 28.4 Å². The van der Waals surface area contributed by atoms with Crippen molar-refractivity contribution >= 4 is 34.2 Å². The minimum atomic E-state index is -0.663. The van der Waals surface area contributed by atoms with Crippen molar-refractivity contribution in [3.05, 3.63) is 71.8 Å². The van der Waals surface area contributed by atoms with Crippen LogP contribution in [-0.2, 0) is 16.1 Å². The van der Waals surface area contributed by atoms with Gasteiger partial charge in [-0.2, -0.15) is 0 Å². The van der Waals surface area contributed by atoms with E-state index in [1.54, 1.807) is 18.1 Å². The summed E-state index contributed by atoms with van der Waals surface area (Å²) in [5, 5.41) is 4.84. The number of hydrogen-bond acceptors (Lipinski definition) is 4. The highest BCUT2D eigenvalue weighted by Crippen LogP contribution is 2.37. The number of hydrogen-bond donors (Lipinski definition) is 1. The van der Waals surface area contributed by atoms with Crippen molar-refractivity contribution in [2.24, 2.45) is 0 Å². The lowest BCUT2D eigenvalue weighted by molar-refractivity contribution is -0.140. The van der Waals surface area contributed by atoms with Crippen molar-refractivity contribution in [2.75, 3.05) is 18.6 Å². The molecule has 7 nitrogen and oxygen atoms in total. The molecular weight excluding hydrogens is 454 g/mol. The molecule has 7 heteroatoms.